The third-order valence-electron chi connectivity index (χ3n) is 4.67. The highest BCUT2D eigenvalue weighted by molar-refractivity contribution is 5.85. The van der Waals surface area contributed by atoms with E-state index in [4.69, 9.17) is 4.74 Å². The van der Waals surface area contributed by atoms with Gasteiger partial charge in [-0.2, -0.15) is 0 Å². The molecule has 1 heterocycles. The normalized spacial score (nSPS) is 20.2. The van der Waals surface area contributed by atoms with Crippen molar-refractivity contribution in [3.8, 4) is 5.75 Å². The molecule has 0 spiro atoms. The summed E-state index contributed by atoms with van der Waals surface area (Å²) >= 11 is 0. The maximum Gasteiger partial charge on any atom is 0.225 e. The molecule has 1 aromatic rings. The summed E-state index contributed by atoms with van der Waals surface area (Å²) in [5, 5.41) is 2.89. The van der Waals surface area contributed by atoms with Gasteiger partial charge < -0.3 is 15.0 Å². The number of piperidine rings is 1. The predicted octanol–water partition coefficient (Wildman–Crippen LogP) is 3.08. The van der Waals surface area contributed by atoms with Crippen molar-refractivity contribution < 1.29 is 14.3 Å². The zero-order valence-corrected chi connectivity index (χ0v) is 15.2. The van der Waals surface area contributed by atoms with Crippen LogP contribution in [-0.2, 0) is 9.59 Å². The third kappa shape index (κ3) is 4.41. The Morgan fingerprint density at radius 3 is 2.88 bits per heavy atom. The van der Waals surface area contributed by atoms with Crippen molar-refractivity contribution in [3.05, 3.63) is 42.5 Å². The monoisotopic (exact) mass is 344 g/mol. The molecule has 136 valence electrons. The summed E-state index contributed by atoms with van der Waals surface area (Å²) < 4.78 is 5.51. The fourth-order valence-electron chi connectivity index (χ4n) is 3.42. The molecule has 1 fully saturated rings. The van der Waals surface area contributed by atoms with Crippen LogP contribution in [0.15, 0.2) is 36.9 Å². The number of likely N-dealkylation sites (tertiary alicyclic amines) is 1. The molecule has 1 aliphatic rings. The minimum Gasteiger partial charge on any atom is -0.496 e. The summed E-state index contributed by atoms with van der Waals surface area (Å²) in [5.74, 6) is 0.498. The number of para-hydroxylation sites is 1. The van der Waals surface area contributed by atoms with Gasteiger partial charge in [-0.25, -0.2) is 0 Å². The first kappa shape index (κ1) is 19.0. The molecular formula is C20H28N2O3. The Morgan fingerprint density at radius 2 is 2.20 bits per heavy atom. The molecular weight excluding hydrogens is 316 g/mol. The Labute approximate surface area is 150 Å². The summed E-state index contributed by atoms with van der Waals surface area (Å²) in [6.07, 6.45) is 4.53. The fraction of sp³-hybridized carbons (Fsp3) is 0.500. The summed E-state index contributed by atoms with van der Waals surface area (Å²) in [5.41, 5.74) is 0.896. The molecule has 2 atom stereocenters. The Bertz CT molecular complexity index is 615. The smallest absolute Gasteiger partial charge is 0.225 e. The summed E-state index contributed by atoms with van der Waals surface area (Å²) in [7, 11) is 1.62. The average Bonchev–Trinajstić information content (AvgIpc) is 2.64. The second kappa shape index (κ2) is 9.25. The van der Waals surface area contributed by atoms with E-state index in [2.05, 4.69) is 18.8 Å². The molecule has 0 aliphatic carbocycles. The maximum atomic E-state index is 12.7. The zero-order valence-electron chi connectivity index (χ0n) is 15.2. The van der Waals surface area contributed by atoms with Crippen molar-refractivity contribution in [2.75, 3.05) is 20.2 Å². The van der Waals surface area contributed by atoms with E-state index in [1.54, 1.807) is 13.2 Å². The second-order valence-corrected chi connectivity index (χ2v) is 6.31. The largest absolute Gasteiger partial charge is 0.496 e. The first-order chi connectivity index (χ1) is 12.1. The lowest BCUT2D eigenvalue weighted by Crippen LogP contribution is -2.48. The molecule has 5 nitrogen and oxygen atoms in total. The van der Waals surface area contributed by atoms with Crippen molar-refractivity contribution in [2.45, 2.75) is 38.6 Å². The highest BCUT2D eigenvalue weighted by Gasteiger charge is 2.41. The molecule has 1 aromatic carbocycles. The molecule has 0 saturated carbocycles. The quantitative estimate of drug-likeness (QED) is 0.737. The van der Waals surface area contributed by atoms with Gasteiger partial charge in [0.2, 0.25) is 11.8 Å². The highest BCUT2D eigenvalue weighted by atomic mass is 16.5. The number of rotatable bonds is 8. The number of unbranched alkanes of at least 4 members (excludes halogenated alkanes) is 1. The van der Waals surface area contributed by atoms with Crippen LogP contribution >= 0.6 is 0 Å². The van der Waals surface area contributed by atoms with Gasteiger partial charge in [0.05, 0.1) is 19.1 Å². The molecule has 5 heteroatoms. The van der Waals surface area contributed by atoms with Gasteiger partial charge in [-0.05, 0) is 18.9 Å². The minimum absolute atomic E-state index is 0.0372. The Hall–Kier alpha value is -2.30. The van der Waals surface area contributed by atoms with E-state index in [-0.39, 0.29) is 23.8 Å². The van der Waals surface area contributed by atoms with Gasteiger partial charge >= 0.3 is 0 Å². The van der Waals surface area contributed by atoms with E-state index in [1.807, 2.05) is 29.2 Å². The Kier molecular flexibility index (Phi) is 7.04. The van der Waals surface area contributed by atoms with Crippen LogP contribution in [-0.4, -0.2) is 36.9 Å². The number of hydrogen-bond donors (Lipinski definition) is 1. The van der Waals surface area contributed by atoms with E-state index in [0.717, 1.165) is 18.4 Å². The van der Waals surface area contributed by atoms with E-state index in [1.165, 1.54) is 0 Å². The molecule has 25 heavy (non-hydrogen) atoms. The van der Waals surface area contributed by atoms with Crippen molar-refractivity contribution in [2.24, 2.45) is 5.92 Å². The van der Waals surface area contributed by atoms with Crippen LogP contribution in [0.2, 0.25) is 0 Å². The van der Waals surface area contributed by atoms with Gasteiger partial charge in [0.15, 0.2) is 0 Å². The molecule has 2 amide bonds. The molecule has 2 rings (SSSR count). The molecule has 0 radical (unpaired) electrons. The van der Waals surface area contributed by atoms with Crippen LogP contribution in [0, 0.1) is 5.92 Å². The van der Waals surface area contributed by atoms with Crippen LogP contribution in [0.3, 0.4) is 0 Å². The number of hydrogen-bond acceptors (Lipinski definition) is 3. The Morgan fingerprint density at radius 1 is 1.44 bits per heavy atom. The van der Waals surface area contributed by atoms with Gasteiger partial charge in [-0.15, -0.1) is 6.58 Å². The summed E-state index contributed by atoms with van der Waals surface area (Å²) in [4.78, 5) is 27.2. The lowest BCUT2D eigenvalue weighted by molar-refractivity contribution is -0.143. The second-order valence-electron chi connectivity index (χ2n) is 6.31. The Balaban J connectivity index is 2.41. The number of carbonyl (C=O) groups excluding carboxylic acids is 2. The van der Waals surface area contributed by atoms with Crippen LogP contribution in [0.25, 0.3) is 0 Å². The standard InChI is InChI=1S/C20H28N2O3/c1-4-6-14-22-18(23)12-11-16(20(24)21-13-5-2)19(22)15-9-7-8-10-17(15)25-3/h5,7-10,16,19H,2,4,6,11-14H2,1,3H3,(H,21,24)/t16-,19+/m1/s1. The van der Waals surface area contributed by atoms with Gasteiger partial charge in [0.1, 0.15) is 5.75 Å². The SMILES string of the molecule is C=CCNC(=O)[C@@H]1CCC(=O)N(CCCC)[C@H]1c1ccccc1OC. The predicted molar refractivity (Wildman–Crippen MR) is 98.3 cm³/mol. The lowest BCUT2D eigenvalue weighted by Gasteiger charge is -2.41. The van der Waals surface area contributed by atoms with Crippen molar-refractivity contribution in [1.29, 1.82) is 0 Å². The van der Waals surface area contributed by atoms with Crippen LogP contribution in [0.1, 0.15) is 44.2 Å². The number of ether oxygens (including phenoxy) is 1. The molecule has 0 bridgehead atoms. The van der Waals surface area contributed by atoms with E-state index < -0.39 is 0 Å². The zero-order chi connectivity index (χ0) is 18.2. The van der Waals surface area contributed by atoms with Gasteiger partial charge in [0, 0.05) is 25.1 Å². The van der Waals surface area contributed by atoms with Crippen molar-refractivity contribution in [1.82, 2.24) is 10.2 Å². The first-order valence-corrected chi connectivity index (χ1v) is 8.95. The van der Waals surface area contributed by atoms with Crippen molar-refractivity contribution in [3.63, 3.8) is 0 Å². The number of methoxy groups -OCH3 is 1. The maximum absolute atomic E-state index is 12.7. The van der Waals surface area contributed by atoms with Crippen molar-refractivity contribution >= 4 is 11.8 Å². The number of amides is 2. The minimum atomic E-state index is -0.297. The average molecular weight is 344 g/mol. The molecule has 1 N–H and O–H groups in total. The number of benzene rings is 1. The van der Waals surface area contributed by atoms with E-state index in [0.29, 0.717) is 31.7 Å². The van der Waals surface area contributed by atoms with Crippen LogP contribution < -0.4 is 10.1 Å². The number of nitrogens with one attached hydrogen (secondary N) is 1. The molecule has 0 unspecified atom stereocenters. The lowest BCUT2D eigenvalue weighted by atomic mass is 9.83. The molecule has 0 aromatic heterocycles. The number of carbonyl (C=O) groups is 2. The topological polar surface area (TPSA) is 58.6 Å². The van der Waals surface area contributed by atoms with E-state index in [9.17, 15) is 9.59 Å². The van der Waals surface area contributed by atoms with Crippen LogP contribution in [0.4, 0.5) is 0 Å². The fourth-order valence-corrected chi connectivity index (χ4v) is 3.42. The van der Waals surface area contributed by atoms with Gasteiger partial charge in [-0.3, -0.25) is 9.59 Å². The van der Waals surface area contributed by atoms with Crippen LogP contribution in [0.5, 0.6) is 5.75 Å². The summed E-state index contributed by atoms with van der Waals surface area (Å²) in [6, 6.07) is 7.36. The van der Waals surface area contributed by atoms with Gasteiger partial charge in [0.25, 0.3) is 0 Å². The molecule has 1 aliphatic heterocycles. The van der Waals surface area contributed by atoms with Gasteiger partial charge in [-0.1, -0.05) is 37.6 Å². The molecule has 1 saturated heterocycles. The third-order valence-corrected chi connectivity index (χ3v) is 4.67. The summed E-state index contributed by atoms with van der Waals surface area (Å²) in [6.45, 7) is 6.83. The van der Waals surface area contributed by atoms with E-state index >= 15 is 0 Å². The first-order valence-electron chi connectivity index (χ1n) is 8.95. The highest BCUT2D eigenvalue weighted by Crippen LogP contribution is 2.40. The number of nitrogens with zero attached hydrogens (tertiary/aromatic N) is 1.